The molecule has 2 nitrogen and oxygen atoms in total. The molecule has 0 amide bonds. The molecule has 2 heteroatoms. The van der Waals surface area contributed by atoms with Crippen molar-refractivity contribution in [3.63, 3.8) is 0 Å². The van der Waals surface area contributed by atoms with Gasteiger partial charge in [0.1, 0.15) is 0 Å². The van der Waals surface area contributed by atoms with Gasteiger partial charge in [-0.2, -0.15) is 0 Å². The van der Waals surface area contributed by atoms with Gasteiger partial charge in [-0.3, -0.25) is 0 Å². The first-order valence-corrected chi connectivity index (χ1v) is 8.72. The lowest BCUT2D eigenvalue weighted by molar-refractivity contribution is 0.138. The van der Waals surface area contributed by atoms with E-state index in [1.54, 1.807) is 0 Å². The molecule has 0 radical (unpaired) electrons. The Hall–Kier alpha value is -0.0800. The molecule has 2 aliphatic rings. The summed E-state index contributed by atoms with van der Waals surface area (Å²) in [7, 11) is 0. The number of nitrogens with zero attached hydrogens (tertiary/aromatic N) is 1. The summed E-state index contributed by atoms with van der Waals surface area (Å²) in [6.45, 7) is 12.0. The lowest BCUT2D eigenvalue weighted by Crippen LogP contribution is -2.46. The minimum Gasteiger partial charge on any atom is -0.314 e. The van der Waals surface area contributed by atoms with Crippen molar-refractivity contribution in [2.24, 2.45) is 17.8 Å². The largest absolute Gasteiger partial charge is 0.314 e. The minimum atomic E-state index is 0.779. The summed E-state index contributed by atoms with van der Waals surface area (Å²) in [4.78, 5) is 2.73. The lowest BCUT2D eigenvalue weighted by atomic mass is 9.76. The quantitative estimate of drug-likeness (QED) is 0.723. The van der Waals surface area contributed by atoms with Crippen LogP contribution in [0, 0.1) is 17.8 Å². The second kappa shape index (κ2) is 7.64. The maximum atomic E-state index is 3.75. The van der Waals surface area contributed by atoms with Gasteiger partial charge in [-0.15, -0.1) is 0 Å². The third-order valence-corrected chi connectivity index (χ3v) is 5.29. The molecule has 0 heterocycles. The molecule has 2 fully saturated rings. The highest BCUT2D eigenvalue weighted by Crippen LogP contribution is 2.34. The van der Waals surface area contributed by atoms with Crippen LogP contribution in [0.1, 0.15) is 59.3 Å². The molecule has 0 aliphatic heterocycles. The monoisotopic (exact) mass is 266 g/mol. The lowest BCUT2D eigenvalue weighted by Gasteiger charge is -2.39. The van der Waals surface area contributed by atoms with Crippen LogP contribution in [0.5, 0.6) is 0 Å². The van der Waals surface area contributed by atoms with Crippen molar-refractivity contribution >= 4 is 0 Å². The van der Waals surface area contributed by atoms with Crippen molar-refractivity contribution in [2.45, 2.75) is 65.3 Å². The van der Waals surface area contributed by atoms with Gasteiger partial charge in [0.25, 0.3) is 0 Å². The van der Waals surface area contributed by atoms with Gasteiger partial charge in [0.05, 0.1) is 0 Å². The van der Waals surface area contributed by atoms with Crippen LogP contribution in [-0.2, 0) is 0 Å². The van der Waals surface area contributed by atoms with E-state index in [1.165, 1.54) is 58.2 Å². The van der Waals surface area contributed by atoms with Gasteiger partial charge in [-0.25, -0.2) is 0 Å². The fourth-order valence-corrected chi connectivity index (χ4v) is 3.79. The van der Waals surface area contributed by atoms with Gasteiger partial charge >= 0.3 is 0 Å². The topological polar surface area (TPSA) is 15.3 Å². The van der Waals surface area contributed by atoms with Crippen molar-refractivity contribution < 1.29 is 0 Å². The molecule has 112 valence electrons. The number of hydrogen-bond donors (Lipinski definition) is 1. The molecule has 1 N–H and O–H groups in total. The van der Waals surface area contributed by atoms with Crippen molar-refractivity contribution in [1.29, 1.82) is 0 Å². The fourth-order valence-electron chi connectivity index (χ4n) is 3.79. The van der Waals surface area contributed by atoms with E-state index in [-0.39, 0.29) is 0 Å². The number of rotatable bonds is 8. The maximum absolute atomic E-state index is 3.75. The van der Waals surface area contributed by atoms with Crippen molar-refractivity contribution in [2.75, 3.05) is 26.2 Å². The summed E-state index contributed by atoms with van der Waals surface area (Å²) in [6.07, 6.45) is 8.64. The van der Waals surface area contributed by atoms with Crippen LogP contribution < -0.4 is 5.32 Å². The van der Waals surface area contributed by atoms with Gasteiger partial charge in [-0.1, -0.05) is 27.2 Å². The van der Waals surface area contributed by atoms with Gasteiger partial charge in [0.2, 0.25) is 0 Å². The highest BCUT2D eigenvalue weighted by atomic mass is 15.1. The number of nitrogens with one attached hydrogen (secondary N) is 1. The van der Waals surface area contributed by atoms with Crippen molar-refractivity contribution in [1.82, 2.24) is 10.2 Å². The Morgan fingerprint density at radius 1 is 0.947 bits per heavy atom. The van der Waals surface area contributed by atoms with E-state index in [0.717, 1.165) is 30.3 Å². The van der Waals surface area contributed by atoms with Gasteiger partial charge in [-0.05, 0) is 62.9 Å². The highest BCUT2D eigenvalue weighted by Gasteiger charge is 2.31. The third kappa shape index (κ3) is 4.75. The first kappa shape index (κ1) is 15.3. The van der Waals surface area contributed by atoms with Crippen LogP contribution in [0.25, 0.3) is 0 Å². The first-order chi connectivity index (χ1) is 9.26. The van der Waals surface area contributed by atoms with Crippen LogP contribution in [0.4, 0.5) is 0 Å². The standard InChI is InChI=1S/C17H34N2/c1-4-14-9-10-17(18-5-2)16(11-14)13-19(6-3)12-15-7-8-15/h14-18H,4-13H2,1-3H3. The zero-order valence-electron chi connectivity index (χ0n) is 13.3. The zero-order valence-corrected chi connectivity index (χ0v) is 13.3. The molecule has 0 aromatic heterocycles. The average molecular weight is 266 g/mol. The summed E-state index contributed by atoms with van der Waals surface area (Å²) >= 11 is 0. The summed E-state index contributed by atoms with van der Waals surface area (Å²) in [5.74, 6) is 2.90. The van der Waals surface area contributed by atoms with Gasteiger partial charge in [0, 0.05) is 19.1 Å². The minimum absolute atomic E-state index is 0.779. The molecular formula is C17H34N2. The Morgan fingerprint density at radius 3 is 2.26 bits per heavy atom. The molecule has 2 aliphatic carbocycles. The molecule has 2 saturated carbocycles. The van der Waals surface area contributed by atoms with Crippen molar-refractivity contribution in [3.05, 3.63) is 0 Å². The van der Waals surface area contributed by atoms with Crippen LogP contribution in [-0.4, -0.2) is 37.1 Å². The van der Waals surface area contributed by atoms with Crippen LogP contribution >= 0.6 is 0 Å². The fraction of sp³-hybridized carbons (Fsp3) is 1.00. The molecule has 0 spiro atoms. The Balaban J connectivity index is 1.86. The molecule has 0 saturated heterocycles. The van der Waals surface area contributed by atoms with Gasteiger partial charge in [0.15, 0.2) is 0 Å². The molecule has 3 unspecified atom stereocenters. The molecule has 19 heavy (non-hydrogen) atoms. The molecule has 0 aromatic carbocycles. The molecule has 0 bridgehead atoms. The van der Waals surface area contributed by atoms with E-state index >= 15 is 0 Å². The Bertz CT molecular complexity index is 250. The Kier molecular flexibility index (Phi) is 6.15. The highest BCUT2D eigenvalue weighted by molar-refractivity contribution is 4.87. The molecule has 2 rings (SSSR count). The van der Waals surface area contributed by atoms with E-state index in [0.29, 0.717) is 0 Å². The second-order valence-electron chi connectivity index (χ2n) is 6.81. The van der Waals surface area contributed by atoms with E-state index in [2.05, 4.69) is 31.0 Å². The molecule has 0 aromatic rings. The maximum Gasteiger partial charge on any atom is 0.0108 e. The van der Waals surface area contributed by atoms with E-state index < -0.39 is 0 Å². The Morgan fingerprint density at radius 2 is 1.68 bits per heavy atom. The summed E-state index contributed by atoms with van der Waals surface area (Å²) in [5, 5.41) is 3.75. The summed E-state index contributed by atoms with van der Waals surface area (Å²) in [5.41, 5.74) is 0. The second-order valence-corrected chi connectivity index (χ2v) is 6.81. The SMILES string of the molecule is CCNC1CCC(CC)CC1CN(CC)CC1CC1. The van der Waals surface area contributed by atoms with E-state index in [9.17, 15) is 0 Å². The zero-order chi connectivity index (χ0) is 13.7. The Labute approximate surface area is 120 Å². The third-order valence-electron chi connectivity index (χ3n) is 5.29. The first-order valence-electron chi connectivity index (χ1n) is 8.72. The number of hydrogen-bond acceptors (Lipinski definition) is 2. The smallest absolute Gasteiger partial charge is 0.0108 e. The van der Waals surface area contributed by atoms with Crippen molar-refractivity contribution in [3.8, 4) is 0 Å². The average Bonchev–Trinajstić information content (AvgIpc) is 3.24. The van der Waals surface area contributed by atoms with E-state index in [4.69, 9.17) is 0 Å². The van der Waals surface area contributed by atoms with Gasteiger partial charge < -0.3 is 10.2 Å². The summed E-state index contributed by atoms with van der Waals surface area (Å²) < 4.78 is 0. The van der Waals surface area contributed by atoms with Crippen LogP contribution in [0.15, 0.2) is 0 Å². The van der Waals surface area contributed by atoms with Crippen LogP contribution in [0.2, 0.25) is 0 Å². The molecule has 3 atom stereocenters. The summed E-state index contributed by atoms with van der Waals surface area (Å²) in [6, 6.07) is 0.779. The predicted octanol–water partition coefficient (Wildman–Crippen LogP) is 3.52. The predicted molar refractivity (Wildman–Crippen MR) is 83.4 cm³/mol. The molecular weight excluding hydrogens is 232 g/mol. The normalized spacial score (nSPS) is 31.9. The van der Waals surface area contributed by atoms with Crippen LogP contribution in [0.3, 0.4) is 0 Å². The van der Waals surface area contributed by atoms with E-state index in [1.807, 2.05) is 0 Å².